The molecule has 0 aliphatic carbocycles. The van der Waals surface area contributed by atoms with E-state index in [2.05, 4.69) is 5.32 Å². The summed E-state index contributed by atoms with van der Waals surface area (Å²) in [6.07, 6.45) is 1.79. The Balaban J connectivity index is 1.89. The Morgan fingerprint density at radius 1 is 1.47 bits per heavy atom. The van der Waals surface area contributed by atoms with Crippen LogP contribution in [-0.2, 0) is 4.79 Å². The third kappa shape index (κ3) is 4.16. The van der Waals surface area contributed by atoms with Gasteiger partial charge in [-0.2, -0.15) is 0 Å². The number of hydrogen-bond donors (Lipinski definition) is 2. The second-order valence-electron chi connectivity index (χ2n) is 4.79. The first-order valence-electron chi connectivity index (χ1n) is 6.27. The van der Waals surface area contributed by atoms with E-state index in [1.54, 1.807) is 0 Å². The molecule has 2 rings (SSSR count). The molecule has 1 amide bonds. The van der Waals surface area contributed by atoms with Crippen molar-refractivity contribution in [1.29, 1.82) is 0 Å². The van der Waals surface area contributed by atoms with Gasteiger partial charge in [0, 0.05) is 19.1 Å². The second kappa shape index (κ2) is 6.32. The van der Waals surface area contributed by atoms with Crippen LogP contribution >= 0.6 is 11.6 Å². The zero-order valence-electron chi connectivity index (χ0n) is 10.5. The lowest BCUT2D eigenvalue weighted by Gasteiger charge is -2.29. The number of benzene rings is 1. The number of carbonyl (C=O) groups is 1. The second-order valence-corrected chi connectivity index (χ2v) is 5.19. The Hall–Kier alpha value is -1.17. The molecular weight excluding hydrogens is 269 g/mol. The molecule has 1 aromatic carbocycles. The summed E-state index contributed by atoms with van der Waals surface area (Å²) in [5.41, 5.74) is 6.11. The summed E-state index contributed by atoms with van der Waals surface area (Å²) in [4.78, 5) is 13.9. The lowest BCUT2D eigenvalue weighted by atomic mass is 10.1. The lowest BCUT2D eigenvalue weighted by Crippen LogP contribution is -2.43. The molecule has 4 nitrogen and oxygen atoms in total. The third-order valence-corrected chi connectivity index (χ3v) is 3.53. The molecule has 0 aromatic heterocycles. The third-order valence-electron chi connectivity index (χ3n) is 3.20. The van der Waals surface area contributed by atoms with Crippen molar-refractivity contribution in [2.24, 2.45) is 5.73 Å². The van der Waals surface area contributed by atoms with Crippen molar-refractivity contribution in [1.82, 2.24) is 4.90 Å². The van der Waals surface area contributed by atoms with Crippen molar-refractivity contribution in [3.8, 4) is 0 Å². The maximum atomic E-state index is 13.1. The topological polar surface area (TPSA) is 58.4 Å². The first-order chi connectivity index (χ1) is 9.04. The molecule has 0 atom stereocenters. The van der Waals surface area contributed by atoms with Crippen LogP contribution < -0.4 is 11.1 Å². The maximum Gasteiger partial charge on any atom is 0.238 e. The molecule has 0 bridgehead atoms. The van der Waals surface area contributed by atoms with Gasteiger partial charge >= 0.3 is 0 Å². The van der Waals surface area contributed by atoms with Gasteiger partial charge in [0.05, 0.1) is 17.3 Å². The lowest BCUT2D eigenvalue weighted by molar-refractivity contribution is -0.117. The van der Waals surface area contributed by atoms with Gasteiger partial charge in [0.2, 0.25) is 5.91 Å². The highest BCUT2D eigenvalue weighted by Crippen LogP contribution is 2.22. The Morgan fingerprint density at radius 2 is 2.16 bits per heavy atom. The first-order valence-corrected chi connectivity index (χ1v) is 6.65. The highest BCUT2D eigenvalue weighted by atomic mass is 35.5. The van der Waals surface area contributed by atoms with Gasteiger partial charge in [-0.15, -0.1) is 0 Å². The van der Waals surface area contributed by atoms with E-state index < -0.39 is 5.82 Å². The monoisotopic (exact) mass is 285 g/mol. The fraction of sp³-hybridized carbons (Fsp3) is 0.462. The van der Waals surface area contributed by atoms with Crippen molar-refractivity contribution in [3.63, 3.8) is 0 Å². The standard InChI is InChI=1S/C13H17ClFN3O/c14-11-2-1-9(15)7-12(11)17-13(19)8-18-5-3-10(16)4-6-18/h1-2,7,10H,3-6,8,16H2,(H,17,19). The number of likely N-dealkylation sites (tertiary alicyclic amines) is 1. The van der Waals surface area contributed by atoms with Crippen LogP contribution in [0.15, 0.2) is 18.2 Å². The number of halogens is 2. The smallest absolute Gasteiger partial charge is 0.238 e. The number of nitrogens with zero attached hydrogens (tertiary/aromatic N) is 1. The van der Waals surface area contributed by atoms with Gasteiger partial charge in [-0.1, -0.05) is 11.6 Å². The first kappa shape index (κ1) is 14.2. The quantitative estimate of drug-likeness (QED) is 0.891. The predicted molar refractivity (Wildman–Crippen MR) is 73.7 cm³/mol. The maximum absolute atomic E-state index is 13.1. The average Bonchev–Trinajstić information content (AvgIpc) is 2.37. The van der Waals surface area contributed by atoms with E-state index >= 15 is 0 Å². The molecule has 0 radical (unpaired) electrons. The average molecular weight is 286 g/mol. The molecule has 1 fully saturated rings. The van der Waals surface area contributed by atoms with Crippen LogP contribution in [-0.4, -0.2) is 36.5 Å². The Morgan fingerprint density at radius 3 is 2.84 bits per heavy atom. The van der Waals surface area contributed by atoms with Crippen LogP contribution in [0.25, 0.3) is 0 Å². The number of piperidine rings is 1. The highest BCUT2D eigenvalue weighted by molar-refractivity contribution is 6.33. The van der Waals surface area contributed by atoms with E-state index in [1.165, 1.54) is 18.2 Å². The number of amides is 1. The minimum absolute atomic E-state index is 0.192. The Labute approximate surface area is 116 Å². The van der Waals surface area contributed by atoms with Crippen molar-refractivity contribution in [2.45, 2.75) is 18.9 Å². The van der Waals surface area contributed by atoms with E-state index in [4.69, 9.17) is 17.3 Å². The zero-order valence-corrected chi connectivity index (χ0v) is 11.3. The molecule has 1 saturated heterocycles. The normalized spacial score (nSPS) is 17.4. The highest BCUT2D eigenvalue weighted by Gasteiger charge is 2.18. The van der Waals surface area contributed by atoms with Crippen molar-refractivity contribution in [3.05, 3.63) is 29.0 Å². The van der Waals surface area contributed by atoms with E-state index in [0.29, 0.717) is 10.7 Å². The summed E-state index contributed by atoms with van der Waals surface area (Å²) in [5.74, 6) is -0.619. The van der Waals surface area contributed by atoms with Gasteiger partial charge in [-0.3, -0.25) is 9.69 Å². The van der Waals surface area contributed by atoms with Crippen molar-refractivity contribution < 1.29 is 9.18 Å². The van der Waals surface area contributed by atoms with Crippen LogP contribution in [0, 0.1) is 5.82 Å². The summed E-state index contributed by atoms with van der Waals surface area (Å²) in [6.45, 7) is 1.90. The van der Waals surface area contributed by atoms with Gasteiger partial charge in [0.15, 0.2) is 0 Å². The molecule has 0 unspecified atom stereocenters. The van der Waals surface area contributed by atoms with Gasteiger partial charge in [-0.25, -0.2) is 4.39 Å². The van der Waals surface area contributed by atoms with E-state index in [1.807, 2.05) is 4.90 Å². The minimum Gasteiger partial charge on any atom is -0.328 e. The van der Waals surface area contributed by atoms with Crippen LogP contribution in [0.2, 0.25) is 5.02 Å². The molecule has 0 saturated carbocycles. The van der Waals surface area contributed by atoms with Gasteiger partial charge in [-0.05, 0) is 31.0 Å². The number of hydrogen-bond acceptors (Lipinski definition) is 3. The van der Waals surface area contributed by atoms with E-state index in [-0.39, 0.29) is 18.5 Å². The summed E-state index contributed by atoms with van der Waals surface area (Å²) >= 11 is 5.89. The van der Waals surface area contributed by atoms with Crippen LogP contribution in [0.3, 0.4) is 0 Å². The van der Waals surface area contributed by atoms with Crippen molar-refractivity contribution >= 4 is 23.2 Å². The summed E-state index contributed by atoms with van der Waals surface area (Å²) < 4.78 is 13.1. The molecule has 104 valence electrons. The van der Waals surface area contributed by atoms with E-state index in [0.717, 1.165) is 25.9 Å². The molecule has 0 spiro atoms. The van der Waals surface area contributed by atoms with E-state index in [9.17, 15) is 9.18 Å². The fourth-order valence-electron chi connectivity index (χ4n) is 2.10. The Kier molecular flexibility index (Phi) is 4.74. The van der Waals surface area contributed by atoms with Gasteiger partial charge in [0.1, 0.15) is 5.82 Å². The molecule has 6 heteroatoms. The summed E-state index contributed by atoms with van der Waals surface area (Å²) in [5, 5.41) is 2.95. The van der Waals surface area contributed by atoms with Gasteiger partial charge in [0.25, 0.3) is 0 Å². The summed E-state index contributed by atoms with van der Waals surface area (Å²) in [7, 11) is 0. The minimum atomic E-state index is -0.427. The van der Waals surface area contributed by atoms with Crippen molar-refractivity contribution in [2.75, 3.05) is 25.0 Å². The number of nitrogens with one attached hydrogen (secondary N) is 1. The van der Waals surface area contributed by atoms with Crippen LogP contribution in [0.5, 0.6) is 0 Å². The van der Waals surface area contributed by atoms with Crippen LogP contribution in [0.1, 0.15) is 12.8 Å². The molecular formula is C13H17ClFN3O. The molecule has 1 aromatic rings. The van der Waals surface area contributed by atoms with Crippen LogP contribution in [0.4, 0.5) is 10.1 Å². The van der Waals surface area contributed by atoms with Gasteiger partial charge < -0.3 is 11.1 Å². The Bertz CT molecular complexity index is 461. The number of anilines is 1. The molecule has 1 aliphatic heterocycles. The SMILES string of the molecule is NC1CCN(CC(=O)Nc2cc(F)ccc2Cl)CC1. The molecule has 19 heavy (non-hydrogen) atoms. The fourth-order valence-corrected chi connectivity index (χ4v) is 2.26. The number of rotatable bonds is 3. The molecule has 1 aliphatic rings. The number of nitrogens with two attached hydrogens (primary N) is 1. The number of carbonyl (C=O) groups excluding carboxylic acids is 1. The molecule has 1 heterocycles. The summed E-state index contributed by atoms with van der Waals surface area (Å²) in [6, 6.07) is 4.12. The predicted octanol–water partition coefficient (Wildman–Crippen LogP) is 1.84. The largest absolute Gasteiger partial charge is 0.328 e. The zero-order chi connectivity index (χ0) is 13.8. The molecule has 3 N–H and O–H groups in total.